The van der Waals surface area contributed by atoms with Crippen LogP contribution in [0.3, 0.4) is 0 Å². The number of carbonyl (C=O) groups is 1. The lowest BCUT2D eigenvalue weighted by atomic mass is 9.97. The van der Waals surface area contributed by atoms with Gasteiger partial charge in [0.15, 0.2) is 0 Å². The zero-order valence-electron chi connectivity index (χ0n) is 15.3. The summed E-state index contributed by atoms with van der Waals surface area (Å²) in [7, 11) is -2.23. The van der Waals surface area contributed by atoms with Crippen molar-refractivity contribution in [3.8, 4) is 5.75 Å². The van der Waals surface area contributed by atoms with E-state index in [1.54, 1.807) is 0 Å². The quantitative estimate of drug-likeness (QED) is 0.522. The molecule has 9 nitrogen and oxygen atoms in total. The van der Waals surface area contributed by atoms with E-state index in [2.05, 4.69) is 5.32 Å². The number of benzene rings is 1. The summed E-state index contributed by atoms with van der Waals surface area (Å²) in [4.78, 5) is 23.0. The molecule has 156 valence electrons. The number of amides is 1. The van der Waals surface area contributed by atoms with Gasteiger partial charge in [0, 0.05) is 31.1 Å². The van der Waals surface area contributed by atoms with Gasteiger partial charge in [-0.05, 0) is 31.0 Å². The highest BCUT2D eigenvalue weighted by atomic mass is 35.5. The number of methoxy groups -OCH3 is 1. The molecule has 1 fully saturated rings. The number of piperidine rings is 1. The summed E-state index contributed by atoms with van der Waals surface area (Å²) >= 11 is 6.83. The first-order valence-electron chi connectivity index (χ1n) is 8.61. The van der Waals surface area contributed by atoms with E-state index in [4.69, 9.17) is 16.3 Å². The Bertz CT molecular complexity index is 1030. The lowest BCUT2D eigenvalue weighted by Gasteiger charge is -2.30. The van der Waals surface area contributed by atoms with Crippen molar-refractivity contribution in [3.63, 3.8) is 0 Å². The number of nitrogens with zero attached hydrogens (tertiary/aromatic N) is 2. The maximum atomic E-state index is 12.6. The number of carbonyl (C=O) groups excluding carboxylic acids is 1. The molecule has 1 aliphatic heterocycles. The molecule has 1 aliphatic rings. The third kappa shape index (κ3) is 4.69. The fraction of sp³-hybridized carbons (Fsp3) is 0.353. The number of sulfonamides is 1. The summed E-state index contributed by atoms with van der Waals surface area (Å²) in [6.07, 6.45) is 0.669. The monoisotopic (exact) mass is 459 g/mol. The highest BCUT2D eigenvalue weighted by Crippen LogP contribution is 2.32. The van der Waals surface area contributed by atoms with Crippen LogP contribution >= 0.6 is 22.9 Å². The second-order valence-corrected chi connectivity index (χ2v) is 10.2. The molecular formula is C17H18ClN3O6S2. The van der Waals surface area contributed by atoms with Gasteiger partial charge in [-0.15, -0.1) is 11.3 Å². The Hall–Kier alpha value is -2.21. The van der Waals surface area contributed by atoms with Gasteiger partial charge in [0.25, 0.3) is 15.7 Å². The normalized spacial score (nSPS) is 15.8. The van der Waals surface area contributed by atoms with Crippen molar-refractivity contribution in [2.45, 2.75) is 17.1 Å². The Morgan fingerprint density at radius 2 is 2.00 bits per heavy atom. The SMILES string of the molecule is COc1ccc([N+](=O)[O-])cc1NC(=O)C1CCN(S(=O)(=O)c2ccc(Cl)s2)CC1. The molecule has 3 rings (SSSR count). The van der Waals surface area contributed by atoms with E-state index in [0.717, 1.165) is 11.3 Å². The van der Waals surface area contributed by atoms with Crippen LogP contribution in [-0.2, 0) is 14.8 Å². The van der Waals surface area contributed by atoms with Gasteiger partial charge in [0.05, 0.1) is 22.1 Å². The molecular weight excluding hydrogens is 442 g/mol. The van der Waals surface area contributed by atoms with Crippen LogP contribution in [0.1, 0.15) is 12.8 Å². The summed E-state index contributed by atoms with van der Waals surface area (Å²) in [6.45, 7) is 0.393. The second kappa shape index (κ2) is 8.66. The Morgan fingerprint density at radius 1 is 1.31 bits per heavy atom. The average molecular weight is 460 g/mol. The van der Waals surface area contributed by atoms with Crippen LogP contribution in [0.25, 0.3) is 0 Å². The van der Waals surface area contributed by atoms with Crippen LogP contribution in [0, 0.1) is 16.0 Å². The number of ether oxygens (including phenoxy) is 1. The first-order chi connectivity index (χ1) is 13.7. The smallest absolute Gasteiger partial charge is 0.271 e. The van der Waals surface area contributed by atoms with Crippen LogP contribution in [-0.4, -0.2) is 43.8 Å². The van der Waals surface area contributed by atoms with E-state index in [-0.39, 0.29) is 34.6 Å². The number of hydrogen-bond donors (Lipinski definition) is 1. The third-order valence-electron chi connectivity index (χ3n) is 4.62. The fourth-order valence-corrected chi connectivity index (χ4v) is 6.17. The number of thiophene rings is 1. The molecule has 0 saturated carbocycles. The van der Waals surface area contributed by atoms with E-state index >= 15 is 0 Å². The summed E-state index contributed by atoms with van der Waals surface area (Å²) < 4.78 is 32.4. The van der Waals surface area contributed by atoms with Gasteiger partial charge in [-0.1, -0.05) is 11.6 Å². The van der Waals surface area contributed by atoms with Crippen molar-refractivity contribution < 1.29 is 22.9 Å². The Balaban J connectivity index is 1.66. The second-order valence-electron chi connectivity index (χ2n) is 6.37. The zero-order chi connectivity index (χ0) is 21.2. The molecule has 0 atom stereocenters. The molecule has 29 heavy (non-hydrogen) atoms. The van der Waals surface area contributed by atoms with Crippen molar-refractivity contribution >= 4 is 50.2 Å². The molecule has 1 saturated heterocycles. The van der Waals surface area contributed by atoms with Crippen molar-refractivity contribution in [3.05, 3.63) is 44.8 Å². The van der Waals surface area contributed by atoms with Crippen LogP contribution in [0.15, 0.2) is 34.5 Å². The first-order valence-corrected chi connectivity index (χ1v) is 11.2. The van der Waals surface area contributed by atoms with E-state index in [1.807, 2.05) is 0 Å². The molecule has 0 bridgehead atoms. The number of non-ortho nitro benzene ring substituents is 1. The summed E-state index contributed by atoms with van der Waals surface area (Å²) in [5, 5.41) is 13.6. The predicted octanol–water partition coefficient (Wildman–Crippen LogP) is 3.36. The first kappa shape index (κ1) is 21.5. The molecule has 0 spiro atoms. The number of anilines is 1. The van der Waals surface area contributed by atoms with Gasteiger partial charge in [0.1, 0.15) is 9.96 Å². The van der Waals surface area contributed by atoms with E-state index < -0.39 is 20.9 Å². The molecule has 2 heterocycles. The lowest BCUT2D eigenvalue weighted by molar-refractivity contribution is -0.384. The molecule has 12 heteroatoms. The number of rotatable bonds is 6. The van der Waals surface area contributed by atoms with Gasteiger partial charge in [-0.3, -0.25) is 14.9 Å². The molecule has 1 N–H and O–H groups in total. The predicted molar refractivity (Wildman–Crippen MR) is 109 cm³/mol. The van der Waals surface area contributed by atoms with Crippen LogP contribution in [0.2, 0.25) is 4.34 Å². The molecule has 1 aromatic heterocycles. The van der Waals surface area contributed by atoms with Gasteiger partial charge in [0.2, 0.25) is 5.91 Å². The number of nitrogens with one attached hydrogen (secondary N) is 1. The number of nitro groups is 1. The van der Waals surface area contributed by atoms with E-state index in [1.165, 1.54) is 41.7 Å². The standard InChI is InChI=1S/C17H18ClN3O6S2/c1-27-14-3-2-12(21(23)24)10-13(14)19-17(22)11-6-8-20(9-7-11)29(25,26)16-5-4-15(18)28-16/h2-5,10-11H,6-9H2,1H3,(H,19,22). The van der Waals surface area contributed by atoms with E-state index in [9.17, 15) is 23.3 Å². The number of nitro benzene ring substituents is 1. The zero-order valence-corrected chi connectivity index (χ0v) is 17.7. The average Bonchev–Trinajstić information content (AvgIpc) is 3.15. The molecule has 2 aromatic rings. The van der Waals surface area contributed by atoms with Crippen LogP contribution < -0.4 is 10.1 Å². The minimum absolute atomic E-state index is 0.170. The summed E-state index contributed by atoms with van der Waals surface area (Å²) in [6, 6.07) is 6.93. The maximum absolute atomic E-state index is 12.6. The highest BCUT2D eigenvalue weighted by molar-refractivity contribution is 7.91. The molecule has 0 unspecified atom stereocenters. The van der Waals surface area contributed by atoms with E-state index in [0.29, 0.717) is 22.9 Å². The number of halogens is 1. The van der Waals surface area contributed by atoms with Crippen molar-refractivity contribution in [2.75, 3.05) is 25.5 Å². The Kier molecular flexibility index (Phi) is 6.42. The summed E-state index contributed by atoms with van der Waals surface area (Å²) in [5.41, 5.74) is 0.0339. The van der Waals surface area contributed by atoms with Crippen LogP contribution in [0.4, 0.5) is 11.4 Å². The molecule has 1 aromatic carbocycles. The summed E-state index contributed by atoms with van der Waals surface area (Å²) in [5.74, 6) is -0.448. The topological polar surface area (TPSA) is 119 Å². The lowest BCUT2D eigenvalue weighted by Crippen LogP contribution is -2.41. The van der Waals surface area contributed by atoms with Crippen molar-refractivity contribution in [1.29, 1.82) is 0 Å². The maximum Gasteiger partial charge on any atom is 0.271 e. The molecule has 0 radical (unpaired) electrons. The van der Waals surface area contributed by atoms with Gasteiger partial charge in [-0.2, -0.15) is 4.31 Å². The van der Waals surface area contributed by atoms with Crippen molar-refractivity contribution in [1.82, 2.24) is 4.31 Å². The molecule has 1 amide bonds. The van der Waals surface area contributed by atoms with Crippen molar-refractivity contribution in [2.24, 2.45) is 5.92 Å². The number of hydrogen-bond acceptors (Lipinski definition) is 7. The Labute approximate surface area is 176 Å². The fourth-order valence-electron chi connectivity index (χ4n) is 3.06. The van der Waals surface area contributed by atoms with Gasteiger partial charge >= 0.3 is 0 Å². The van der Waals surface area contributed by atoms with Gasteiger partial charge in [-0.25, -0.2) is 8.42 Å². The minimum Gasteiger partial charge on any atom is -0.495 e. The van der Waals surface area contributed by atoms with Gasteiger partial charge < -0.3 is 10.1 Å². The third-order valence-corrected chi connectivity index (χ3v) is 8.22. The largest absolute Gasteiger partial charge is 0.495 e. The minimum atomic E-state index is -3.63. The van der Waals surface area contributed by atoms with Crippen LogP contribution in [0.5, 0.6) is 5.75 Å². The Morgan fingerprint density at radius 3 is 2.55 bits per heavy atom. The highest BCUT2D eigenvalue weighted by Gasteiger charge is 2.33. The molecule has 0 aliphatic carbocycles.